The van der Waals surface area contributed by atoms with Crippen molar-refractivity contribution in [1.29, 1.82) is 0 Å². The monoisotopic (exact) mass is 253 g/mol. The summed E-state index contributed by atoms with van der Waals surface area (Å²) < 4.78 is 0. The van der Waals surface area contributed by atoms with Crippen LogP contribution in [0, 0.1) is 0 Å². The van der Waals surface area contributed by atoms with Gasteiger partial charge in [0, 0.05) is 12.2 Å². The van der Waals surface area contributed by atoms with Gasteiger partial charge in [0.1, 0.15) is 0 Å². The normalized spacial score (nSPS) is 13.8. The number of aliphatic hydroxyl groups is 1. The van der Waals surface area contributed by atoms with Crippen LogP contribution in [0.5, 0.6) is 0 Å². The molecule has 0 radical (unpaired) electrons. The lowest BCUT2D eigenvalue weighted by atomic mass is 10.1. The van der Waals surface area contributed by atoms with E-state index in [0.29, 0.717) is 0 Å². The van der Waals surface area contributed by atoms with Gasteiger partial charge in [-0.05, 0) is 54.2 Å². The van der Waals surface area contributed by atoms with E-state index >= 15 is 0 Å². The summed E-state index contributed by atoms with van der Waals surface area (Å²) in [5, 5.41) is 12.6. The summed E-state index contributed by atoms with van der Waals surface area (Å²) in [5.74, 6) is 0. The molecule has 0 amide bonds. The number of hydrogen-bond acceptors (Lipinski definition) is 2. The highest BCUT2D eigenvalue weighted by atomic mass is 16.3. The fraction of sp³-hybridized carbons (Fsp3) is 0.294. The van der Waals surface area contributed by atoms with Crippen molar-refractivity contribution in [2.45, 2.75) is 25.9 Å². The van der Waals surface area contributed by atoms with Crippen molar-refractivity contribution >= 4 is 5.69 Å². The Bertz CT molecular complexity index is 590. The van der Waals surface area contributed by atoms with Crippen LogP contribution in [0.1, 0.15) is 24.5 Å². The summed E-state index contributed by atoms with van der Waals surface area (Å²) in [6.45, 7) is 2.63. The Morgan fingerprint density at radius 3 is 2.74 bits per heavy atom. The van der Waals surface area contributed by atoms with Gasteiger partial charge in [0.15, 0.2) is 0 Å². The van der Waals surface area contributed by atoms with Crippen LogP contribution in [-0.2, 0) is 6.42 Å². The van der Waals surface area contributed by atoms with Crippen molar-refractivity contribution in [3.63, 3.8) is 0 Å². The third-order valence-electron chi connectivity index (χ3n) is 3.68. The minimum absolute atomic E-state index is 0.244. The molecule has 0 aliphatic heterocycles. The van der Waals surface area contributed by atoms with Crippen LogP contribution in [0.2, 0.25) is 0 Å². The maximum absolute atomic E-state index is 9.26. The molecule has 0 aromatic heterocycles. The molecule has 1 atom stereocenters. The summed E-state index contributed by atoms with van der Waals surface area (Å²) in [6, 6.07) is 15.2. The van der Waals surface area contributed by atoms with Crippen molar-refractivity contribution in [1.82, 2.24) is 0 Å². The first kappa shape index (κ1) is 12.2. The second-order valence-corrected chi connectivity index (χ2v) is 5.27. The molecule has 0 bridgehead atoms. The first-order chi connectivity index (χ1) is 9.24. The molecule has 2 aromatic carbocycles. The fourth-order valence-corrected chi connectivity index (χ4v) is 2.68. The molecule has 0 saturated carbocycles. The van der Waals surface area contributed by atoms with Crippen LogP contribution in [0.15, 0.2) is 42.5 Å². The molecular formula is C17H19NO. The topological polar surface area (TPSA) is 32.3 Å². The van der Waals surface area contributed by atoms with E-state index in [0.717, 1.165) is 25.1 Å². The molecule has 19 heavy (non-hydrogen) atoms. The average molecular weight is 253 g/mol. The van der Waals surface area contributed by atoms with Crippen molar-refractivity contribution < 1.29 is 5.11 Å². The second kappa shape index (κ2) is 5.06. The zero-order valence-electron chi connectivity index (χ0n) is 11.2. The number of rotatable bonds is 4. The molecule has 1 aliphatic carbocycles. The van der Waals surface area contributed by atoms with Gasteiger partial charge in [-0.3, -0.25) is 0 Å². The number of nitrogens with one attached hydrogen (secondary N) is 1. The SMILES string of the molecule is CC(O)CCNc1ccc2c(c1)Cc1ccccc1-2. The van der Waals surface area contributed by atoms with Crippen molar-refractivity contribution in [2.75, 3.05) is 11.9 Å². The molecule has 2 nitrogen and oxygen atoms in total. The third kappa shape index (κ3) is 2.49. The highest BCUT2D eigenvalue weighted by molar-refractivity contribution is 5.78. The highest BCUT2D eigenvalue weighted by Crippen LogP contribution is 2.37. The number of aliphatic hydroxyl groups excluding tert-OH is 1. The van der Waals surface area contributed by atoms with Gasteiger partial charge in [-0.1, -0.05) is 30.3 Å². The minimum Gasteiger partial charge on any atom is -0.393 e. The van der Waals surface area contributed by atoms with Crippen LogP contribution in [0.25, 0.3) is 11.1 Å². The predicted octanol–water partition coefficient (Wildman–Crippen LogP) is 3.44. The Labute approximate surface area is 114 Å². The molecule has 0 heterocycles. The van der Waals surface area contributed by atoms with Crippen molar-refractivity contribution in [3.05, 3.63) is 53.6 Å². The summed E-state index contributed by atoms with van der Waals surface area (Å²) in [7, 11) is 0. The molecule has 2 aromatic rings. The molecular weight excluding hydrogens is 234 g/mol. The van der Waals surface area contributed by atoms with E-state index < -0.39 is 0 Å². The third-order valence-corrected chi connectivity index (χ3v) is 3.68. The average Bonchev–Trinajstić information content (AvgIpc) is 2.76. The lowest BCUT2D eigenvalue weighted by molar-refractivity contribution is 0.189. The lowest BCUT2D eigenvalue weighted by Gasteiger charge is -2.09. The zero-order chi connectivity index (χ0) is 13.2. The molecule has 1 aliphatic rings. The van der Waals surface area contributed by atoms with Gasteiger partial charge in [0.2, 0.25) is 0 Å². The van der Waals surface area contributed by atoms with Crippen LogP contribution in [-0.4, -0.2) is 17.8 Å². The Kier molecular flexibility index (Phi) is 3.26. The van der Waals surface area contributed by atoms with Gasteiger partial charge in [-0.25, -0.2) is 0 Å². The minimum atomic E-state index is -0.244. The van der Waals surface area contributed by atoms with Gasteiger partial charge in [-0.2, -0.15) is 0 Å². The van der Waals surface area contributed by atoms with E-state index in [1.54, 1.807) is 0 Å². The first-order valence-electron chi connectivity index (χ1n) is 6.87. The van der Waals surface area contributed by atoms with E-state index in [-0.39, 0.29) is 6.10 Å². The summed E-state index contributed by atoms with van der Waals surface area (Å²) in [4.78, 5) is 0. The van der Waals surface area contributed by atoms with E-state index in [1.165, 1.54) is 22.3 Å². The molecule has 0 spiro atoms. The van der Waals surface area contributed by atoms with E-state index in [9.17, 15) is 5.11 Å². The van der Waals surface area contributed by atoms with Gasteiger partial charge < -0.3 is 10.4 Å². The van der Waals surface area contributed by atoms with Gasteiger partial charge in [0.05, 0.1) is 6.10 Å². The summed E-state index contributed by atoms with van der Waals surface area (Å²) >= 11 is 0. The van der Waals surface area contributed by atoms with E-state index in [4.69, 9.17) is 0 Å². The zero-order valence-corrected chi connectivity index (χ0v) is 11.2. The number of benzene rings is 2. The quantitative estimate of drug-likeness (QED) is 0.746. The maximum atomic E-state index is 9.26. The first-order valence-corrected chi connectivity index (χ1v) is 6.87. The molecule has 0 fully saturated rings. The second-order valence-electron chi connectivity index (χ2n) is 5.27. The molecule has 3 rings (SSSR count). The number of fused-ring (bicyclic) bond motifs is 3. The predicted molar refractivity (Wildman–Crippen MR) is 79.5 cm³/mol. The Morgan fingerprint density at radius 2 is 1.89 bits per heavy atom. The standard InChI is InChI=1S/C17H19NO/c1-12(19)8-9-18-15-6-7-17-14(11-15)10-13-4-2-3-5-16(13)17/h2-7,11-12,18-19H,8-10H2,1H3. The van der Waals surface area contributed by atoms with Crippen molar-refractivity contribution in [2.24, 2.45) is 0 Å². The Morgan fingerprint density at radius 1 is 1.11 bits per heavy atom. The molecule has 2 heteroatoms. The fourth-order valence-electron chi connectivity index (χ4n) is 2.68. The highest BCUT2D eigenvalue weighted by Gasteiger charge is 2.17. The smallest absolute Gasteiger partial charge is 0.0528 e. The maximum Gasteiger partial charge on any atom is 0.0528 e. The Balaban J connectivity index is 1.78. The molecule has 98 valence electrons. The van der Waals surface area contributed by atoms with E-state index in [1.807, 2.05) is 6.92 Å². The van der Waals surface area contributed by atoms with Crippen LogP contribution in [0.4, 0.5) is 5.69 Å². The molecule has 2 N–H and O–H groups in total. The van der Waals surface area contributed by atoms with Crippen molar-refractivity contribution in [3.8, 4) is 11.1 Å². The van der Waals surface area contributed by atoms with Crippen LogP contribution >= 0.6 is 0 Å². The van der Waals surface area contributed by atoms with Gasteiger partial charge in [-0.15, -0.1) is 0 Å². The summed E-state index contributed by atoms with van der Waals surface area (Å²) in [6.07, 6.45) is 1.56. The van der Waals surface area contributed by atoms with E-state index in [2.05, 4.69) is 47.8 Å². The van der Waals surface area contributed by atoms with Crippen LogP contribution in [0.3, 0.4) is 0 Å². The molecule has 0 saturated heterocycles. The lowest BCUT2D eigenvalue weighted by Crippen LogP contribution is -2.09. The summed E-state index contributed by atoms with van der Waals surface area (Å²) in [5.41, 5.74) is 6.68. The van der Waals surface area contributed by atoms with Gasteiger partial charge >= 0.3 is 0 Å². The largest absolute Gasteiger partial charge is 0.393 e. The number of hydrogen-bond donors (Lipinski definition) is 2. The van der Waals surface area contributed by atoms with Gasteiger partial charge in [0.25, 0.3) is 0 Å². The molecule has 1 unspecified atom stereocenters. The van der Waals surface area contributed by atoms with Crippen LogP contribution < -0.4 is 5.32 Å². The number of anilines is 1. The Hall–Kier alpha value is -1.80.